The third kappa shape index (κ3) is 2.48. The average molecular weight is 233 g/mol. The number of aliphatic hydroxyl groups is 1. The molecule has 0 aliphatic heterocycles. The number of hydrogen-bond donors (Lipinski definition) is 2. The highest BCUT2D eigenvalue weighted by molar-refractivity contribution is 5.75. The van der Waals surface area contributed by atoms with E-state index in [0.717, 1.165) is 36.2 Å². The molecule has 0 saturated carbocycles. The molecule has 3 N–H and O–H groups in total. The fraction of sp³-hybridized carbons (Fsp3) is 0.462. The topological polar surface area (TPSA) is 64.1 Å². The number of nitrogens with two attached hydrogens (primary N) is 1. The van der Waals surface area contributed by atoms with Crippen LogP contribution in [0.5, 0.6) is 0 Å². The number of para-hydroxylation sites is 2. The molecule has 1 aromatic carbocycles. The van der Waals surface area contributed by atoms with Gasteiger partial charge in [-0.3, -0.25) is 0 Å². The second kappa shape index (κ2) is 5.29. The van der Waals surface area contributed by atoms with Gasteiger partial charge in [0.1, 0.15) is 5.82 Å². The molecule has 1 aromatic heterocycles. The first-order valence-corrected chi connectivity index (χ1v) is 6.06. The molecule has 0 aliphatic rings. The molecule has 0 saturated heterocycles. The molecule has 0 aliphatic carbocycles. The van der Waals surface area contributed by atoms with Crippen LogP contribution >= 0.6 is 0 Å². The Morgan fingerprint density at radius 1 is 1.41 bits per heavy atom. The van der Waals surface area contributed by atoms with E-state index in [9.17, 15) is 0 Å². The first kappa shape index (κ1) is 12.1. The fourth-order valence-corrected chi connectivity index (χ4v) is 2.03. The Morgan fingerprint density at radius 2 is 2.18 bits per heavy atom. The van der Waals surface area contributed by atoms with Crippen LogP contribution in [-0.2, 0) is 13.0 Å². The maximum Gasteiger partial charge on any atom is 0.109 e. The molecule has 0 spiro atoms. The van der Waals surface area contributed by atoms with Crippen molar-refractivity contribution in [1.29, 1.82) is 0 Å². The molecule has 1 heterocycles. The van der Waals surface area contributed by atoms with Gasteiger partial charge in [-0.05, 0) is 18.6 Å². The van der Waals surface area contributed by atoms with Crippen molar-refractivity contribution < 1.29 is 5.11 Å². The van der Waals surface area contributed by atoms with Crippen molar-refractivity contribution in [1.82, 2.24) is 9.55 Å². The van der Waals surface area contributed by atoms with E-state index >= 15 is 0 Å². The Hall–Kier alpha value is -1.39. The summed E-state index contributed by atoms with van der Waals surface area (Å²) in [7, 11) is 0. The second-order valence-electron chi connectivity index (χ2n) is 4.25. The van der Waals surface area contributed by atoms with Gasteiger partial charge in [0.15, 0.2) is 0 Å². The van der Waals surface area contributed by atoms with E-state index in [4.69, 9.17) is 10.8 Å². The summed E-state index contributed by atoms with van der Waals surface area (Å²) in [6, 6.07) is 7.97. The second-order valence-corrected chi connectivity index (χ2v) is 4.25. The van der Waals surface area contributed by atoms with Crippen LogP contribution in [0.15, 0.2) is 24.3 Å². The molecule has 4 nitrogen and oxygen atoms in total. The Bertz CT molecular complexity index is 492. The van der Waals surface area contributed by atoms with Crippen LogP contribution in [-0.4, -0.2) is 27.3 Å². The van der Waals surface area contributed by atoms with E-state index in [1.165, 1.54) is 0 Å². The van der Waals surface area contributed by atoms with Gasteiger partial charge in [0.25, 0.3) is 0 Å². The van der Waals surface area contributed by atoms with Crippen molar-refractivity contribution >= 4 is 11.0 Å². The summed E-state index contributed by atoms with van der Waals surface area (Å²) >= 11 is 0. The summed E-state index contributed by atoms with van der Waals surface area (Å²) in [4.78, 5) is 4.59. The van der Waals surface area contributed by atoms with E-state index in [2.05, 4.69) is 22.5 Å². The monoisotopic (exact) mass is 233 g/mol. The minimum absolute atomic E-state index is 0.0358. The van der Waals surface area contributed by atoms with Gasteiger partial charge in [-0.15, -0.1) is 0 Å². The van der Waals surface area contributed by atoms with Crippen LogP contribution in [0.2, 0.25) is 0 Å². The van der Waals surface area contributed by atoms with Gasteiger partial charge in [0, 0.05) is 19.0 Å². The Balaban J connectivity index is 2.30. The molecule has 2 rings (SSSR count). The lowest BCUT2D eigenvalue weighted by Crippen LogP contribution is -2.26. The Kier molecular flexibility index (Phi) is 3.76. The summed E-state index contributed by atoms with van der Waals surface area (Å²) in [5.41, 5.74) is 7.92. The number of nitrogens with zero attached hydrogens (tertiary/aromatic N) is 2. The molecular weight excluding hydrogens is 214 g/mol. The SMILES string of the molecule is CCc1nc2ccccc2n1CCC(N)CO. The van der Waals surface area contributed by atoms with Gasteiger partial charge in [0.2, 0.25) is 0 Å². The first-order valence-electron chi connectivity index (χ1n) is 6.06. The highest BCUT2D eigenvalue weighted by Crippen LogP contribution is 2.17. The minimum atomic E-state index is -0.152. The van der Waals surface area contributed by atoms with Crippen molar-refractivity contribution in [2.24, 2.45) is 5.73 Å². The number of rotatable bonds is 5. The van der Waals surface area contributed by atoms with Crippen LogP contribution in [0.1, 0.15) is 19.2 Å². The predicted octanol–water partition coefficient (Wildman–Crippen LogP) is 1.31. The number of hydrogen-bond acceptors (Lipinski definition) is 3. The smallest absolute Gasteiger partial charge is 0.109 e. The third-order valence-electron chi connectivity index (χ3n) is 3.01. The lowest BCUT2D eigenvalue weighted by molar-refractivity contribution is 0.256. The number of imidazole rings is 1. The molecule has 0 bridgehead atoms. The lowest BCUT2D eigenvalue weighted by atomic mass is 10.2. The van der Waals surface area contributed by atoms with Crippen molar-refractivity contribution in [3.05, 3.63) is 30.1 Å². The normalized spacial score (nSPS) is 13.1. The highest BCUT2D eigenvalue weighted by atomic mass is 16.3. The van der Waals surface area contributed by atoms with Crippen molar-refractivity contribution in [3.8, 4) is 0 Å². The first-order chi connectivity index (χ1) is 8.26. The molecule has 0 fully saturated rings. The van der Waals surface area contributed by atoms with Crippen molar-refractivity contribution in [2.45, 2.75) is 32.4 Å². The van der Waals surface area contributed by atoms with Gasteiger partial charge in [-0.25, -0.2) is 4.98 Å². The molecule has 4 heteroatoms. The summed E-state index contributed by atoms with van der Waals surface area (Å²) in [5.74, 6) is 1.08. The van der Waals surface area contributed by atoms with Gasteiger partial charge < -0.3 is 15.4 Å². The molecule has 92 valence electrons. The summed E-state index contributed by atoms with van der Waals surface area (Å²) < 4.78 is 2.20. The third-order valence-corrected chi connectivity index (χ3v) is 3.01. The number of aliphatic hydroxyl groups excluding tert-OH is 1. The zero-order chi connectivity index (χ0) is 12.3. The van der Waals surface area contributed by atoms with Crippen LogP contribution < -0.4 is 5.73 Å². The maximum absolute atomic E-state index is 8.95. The van der Waals surface area contributed by atoms with Crippen molar-refractivity contribution in [3.63, 3.8) is 0 Å². The van der Waals surface area contributed by atoms with Gasteiger partial charge in [0.05, 0.1) is 17.6 Å². The molecule has 1 unspecified atom stereocenters. The van der Waals surface area contributed by atoms with E-state index in [-0.39, 0.29) is 12.6 Å². The fourth-order valence-electron chi connectivity index (χ4n) is 2.03. The zero-order valence-corrected chi connectivity index (χ0v) is 10.1. The predicted molar refractivity (Wildman–Crippen MR) is 68.8 cm³/mol. The van der Waals surface area contributed by atoms with E-state index in [0.29, 0.717) is 0 Å². The molecule has 2 aromatic rings. The molecule has 0 amide bonds. The summed E-state index contributed by atoms with van der Waals surface area (Å²) in [6.07, 6.45) is 1.67. The van der Waals surface area contributed by atoms with E-state index in [1.54, 1.807) is 0 Å². The number of fused-ring (bicyclic) bond motifs is 1. The van der Waals surface area contributed by atoms with E-state index < -0.39 is 0 Å². The van der Waals surface area contributed by atoms with Gasteiger partial charge in [-0.2, -0.15) is 0 Å². The lowest BCUT2D eigenvalue weighted by Gasteiger charge is -2.11. The van der Waals surface area contributed by atoms with Crippen LogP contribution in [0, 0.1) is 0 Å². The number of aromatic nitrogens is 2. The quantitative estimate of drug-likeness (QED) is 0.818. The average Bonchev–Trinajstić information content (AvgIpc) is 2.73. The highest BCUT2D eigenvalue weighted by Gasteiger charge is 2.09. The van der Waals surface area contributed by atoms with Gasteiger partial charge >= 0.3 is 0 Å². The molecule has 1 atom stereocenters. The molecular formula is C13H19N3O. The summed E-state index contributed by atoms with van der Waals surface area (Å²) in [5, 5.41) is 8.95. The minimum Gasteiger partial charge on any atom is -0.395 e. The van der Waals surface area contributed by atoms with Crippen LogP contribution in [0.25, 0.3) is 11.0 Å². The Morgan fingerprint density at radius 3 is 2.88 bits per heavy atom. The van der Waals surface area contributed by atoms with Crippen molar-refractivity contribution in [2.75, 3.05) is 6.61 Å². The summed E-state index contributed by atoms with van der Waals surface area (Å²) in [6.45, 7) is 2.95. The number of benzene rings is 1. The zero-order valence-electron chi connectivity index (χ0n) is 10.1. The van der Waals surface area contributed by atoms with E-state index in [1.807, 2.05) is 18.2 Å². The maximum atomic E-state index is 8.95. The van der Waals surface area contributed by atoms with Gasteiger partial charge in [-0.1, -0.05) is 19.1 Å². The molecule has 17 heavy (non-hydrogen) atoms. The molecule has 0 radical (unpaired) electrons. The van der Waals surface area contributed by atoms with Crippen LogP contribution in [0.4, 0.5) is 0 Å². The van der Waals surface area contributed by atoms with Crippen LogP contribution in [0.3, 0.4) is 0 Å². The largest absolute Gasteiger partial charge is 0.395 e. The number of aryl methyl sites for hydroxylation is 2. The Labute approximate surface area is 101 Å². The standard InChI is InChI=1S/C13H19N3O/c1-2-13-15-11-5-3-4-6-12(11)16(13)8-7-10(14)9-17/h3-6,10,17H,2,7-9,14H2,1H3.